The zero-order valence-corrected chi connectivity index (χ0v) is 17.0. The highest BCUT2D eigenvalue weighted by Crippen LogP contribution is 2.36. The van der Waals surface area contributed by atoms with Crippen LogP contribution in [0.5, 0.6) is 0 Å². The Morgan fingerprint density at radius 3 is 2.53 bits per heavy atom. The Hall–Kier alpha value is -3.93. The molecule has 0 saturated carbocycles. The van der Waals surface area contributed by atoms with E-state index in [-0.39, 0.29) is 5.56 Å². The maximum Gasteiger partial charge on any atom is 0.337 e. The van der Waals surface area contributed by atoms with Gasteiger partial charge in [0.25, 0.3) is 0 Å². The van der Waals surface area contributed by atoms with Gasteiger partial charge in [-0.3, -0.25) is 4.98 Å². The quantitative estimate of drug-likeness (QED) is 0.477. The van der Waals surface area contributed by atoms with E-state index in [1.807, 2.05) is 67.9 Å². The molecule has 0 bridgehead atoms. The molecule has 0 aliphatic heterocycles. The van der Waals surface area contributed by atoms with Gasteiger partial charge in [0, 0.05) is 23.5 Å². The first-order valence-electron chi connectivity index (χ1n) is 9.62. The van der Waals surface area contributed by atoms with Crippen molar-refractivity contribution in [2.45, 2.75) is 20.8 Å². The molecule has 4 aromatic rings. The molecule has 30 heavy (non-hydrogen) atoms. The van der Waals surface area contributed by atoms with E-state index in [1.165, 1.54) is 0 Å². The number of hydrogen-bond acceptors (Lipinski definition) is 4. The standard InChI is InChI=1S/C24H22N4O2/c1-15-10-11-20(19(13-15)24(29)30)26-23-22(18-8-6-12-25-14-18)17(3)27-28(23)21-9-5-4-7-16(21)2/h4-14,26H,1-3H3,(H,29,30). The molecular weight excluding hydrogens is 376 g/mol. The second kappa shape index (κ2) is 7.83. The number of pyridine rings is 1. The molecule has 2 heterocycles. The molecule has 2 aromatic heterocycles. The molecule has 0 radical (unpaired) electrons. The third-order valence-corrected chi connectivity index (χ3v) is 5.01. The fraction of sp³-hybridized carbons (Fsp3) is 0.125. The van der Waals surface area contributed by atoms with Gasteiger partial charge in [0.15, 0.2) is 0 Å². The van der Waals surface area contributed by atoms with Gasteiger partial charge in [-0.2, -0.15) is 5.10 Å². The smallest absolute Gasteiger partial charge is 0.337 e. The lowest BCUT2D eigenvalue weighted by Crippen LogP contribution is -2.08. The molecule has 2 aromatic carbocycles. The second-order valence-electron chi connectivity index (χ2n) is 7.23. The van der Waals surface area contributed by atoms with Crippen molar-refractivity contribution in [3.63, 3.8) is 0 Å². The van der Waals surface area contributed by atoms with Gasteiger partial charge < -0.3 is 10.4 Å². The van der Waals surface area contributed by atoms with E-state index in [0.717, 1.165) is 33.6 Å². The first-order valence-corrected chi connectivity index (χ1v) is 9.62. The van der Waals surface area contributed by atoms with E-state index in [0.29, 0.717) is 11.5 Å². The molecule has 0 amide bonds. The average molecular weight is 398 g/mol. The summed E-state index contributed by atoms with van der Waals surface area (Å²) >= 11 is 0. The van der Waals surface area contributed by atoms with Crippen molar-refractivity contribution >= 4 is 17.5 Å². The van der Waals surface area contributed by atoms with Crippen LogP contribution in [0.3, 0.4) is 0 Å². The number of nitrogens with one attached hydrogen (secondary N) is 1. The Balaban J connectivity index is 1.96. The zero-order valence-electron chi connectivity index (χ0n) is 17.0. The van der Waals surface area contributed by atoms with Gasteiger partial charge in [-0.1, -0.05) is 35.9 Å². The van der Waals surface area contributed by atoms with Crippen molar-refractivity contribution in [1.29, 1.82) is 0 Å². The summed E-state index contributed by atoms with van der Waals surface area (Å²) < 4.78 is 1.83. The van der Waals surface area contributed by atoms with Gasteiger partial charge in [0.05, 0.1) is 22.6 Å². The van der Waals surface area contributed by atoms with Crippen molar-refractivity contribution in [2.75, 3.05) is 5.32 Å². The van der Waals surface area contributed by atoms with E-state index in [1.54, 1.807) is 24.5 Å². The number of aromatic nitrogens is 3. The minimum atomic E-state index is -0.984. The Labute approximate surface area is 174 Å². The number of para-hydroxylation sites is 1. The van der Waals surface area contributed by atoms with E-state index in [4.69, 9.17) is 5.10 Å². The van der Waals surface area contributed by atoms with Crippen LogP contribution < -0.4 is 5.32 Å². The Morgan fingerprint density at radius 2 is 1.83 bits per heavy atom. The number of hydrogen-bond donors (Lipinski definition) is 2. The van der Waals surface area contributed by atoms with Crippen LogP contribution in [0.15, 0.2) is 67.0 Å². The van der Waals surface area contributed by atoms with Gasteiger partial charge in [0.2, 0.25) is 0 Å². The van der Waals surface area contributed by atoms with Crippen LogP contribution in [0, 0.1) is 20.8 Å². The number of carboxylic acids is 1. The average Bonchev–Trinajstić information content (AvgIpc) is 3.05. The van der Waals surface area contributed by atoms with Crippen molar-refractivity contribution in [2.24, 2.45) is 0 Å². The number of carbonyl (C=O) groups is 1. The van der Waals surface area contributed by atoms with Crippen LogP contribution in [-0.4, -0.2) is 25.8 Å². The van der Waals surface area contributed by atoms with E-state index in [2.05, 4.69) is 10.3 Å². The number of benzene rings is 2. The largest absolute Gasteiger partial charge is 0.478 e. The lowest BCUT2D eigenvalue weighted by Gasteiger charge is -2.16. The Morgan fingerprint density at radius 1 is 1.03 bits per heavy atom. The molecule has 0 unspecified atom stereocenters. The van der Waals surface area contributed by atoms with E-state index < -0.39 is 5.97 Å². The topological polar surface area (TPSA) is 80.0 Å². The highest BCUT2D eigenvalue weighted by atomic mass is 16.4. The molecular formula is C24H22N4O2. The number of nitrogens with zero attached hydrogens (tertiary/aromatic N) is 3. The summed E-state index contributed by atoms with van der Waals surface area (Å²) in [5.41, 5.74) is 6.18. The maximum absolute atomic E-state index is 11.9. The predicted octanol–water partition coefficient (Wildman–Crippen LogP) is 5.30. The Kier molecular flexibility index (Phi) is 5.06. The number of aromatic carboxylic acids is 1. The summed E-state index contributed by atoms with van der Waals surface area (Å²) in [7, 11) is 0. The molecule has 0 aliphatic carbocycles. The van der Waals surface area contributed by atoms with Crippen LogP contribution in [-0.2, 0) is 0 Å². The van der Waals surface area contributed by atoms with Gasteiger partial charge in [-0.25, -0.2) is 9.48 Å². The van der Waals surface area contributed by atoms with Crippen LogP contribution in [0.1, 0.15) is 27.2 Å². The number of rotatable bonds is 5. The number of carboxylic acid groups (broad SMARTS) is 1. The van der Waals surface area contributed by atoms with E-state index >= 15 is 0 Å². The van der Waals surface area contributed by atoms with Gasteiger partial charge in [0.1, 0.15) is 5.82 Å². The molecule has 0 spiro atoms. The first kappa shape index (κ1) is 19.4. The lowest BCUT2D eigenvalue weighted by molar-refractivity contribution is 0.0698. The van der Waals surface area contributed by atoms with Crippen LogP contribution in [0.2, 0.25) is 0 Å². The van der Waals surface area contributed by atoms with Gasteiger partial charge in [-0.05, 0) is 50.6 Å². The fourth-order valence-corrected chi connectivity index (χ4v) is 3.55. The molecule has 150 valence electrons. The van der Waals surface area contributed by atoms with Crippen molar-refractivity contribution in [3.8, 4) is 16.8 Å². The molecule has 4 rings (SSSR count). The number of aryl methyl sites for hydroxylation is 3. The van der Waals surface area contributed by atoms with Crippen LogP contribution in [0.4, 0.5) is 11.5 Å². The Bertz CT molecular complexity index is 1230. The monoisotopic (exact) mass is 398 g/mol. The maximum atomic E-state index is 11.9. The SMILES string of the molecule is Cc1ccc(Nc2c(-c3cccnc3)c(C)nn2-c2ccccc2C)c(C(=O)O)c1. The predicted molar refractivity (Wildman–Crippen MR) is 118 cm³/mol. The second-order valence-corrected chi connectivity index (χ2v) is 7.23. The fourth-order valence-electron chi connectivity index (χ4n) is 3.55. The summed E-state index contributed by atoms with van der Waals surface area (Å²) in [5, 5.41) is 17.9. The number of anilines is 2. The molecule has 0 fully saturated rings. The third kappa shape index (κ3) is 3.55. The normalized spacial score (nSPS) is 10.8. The highest BCUT2D eigenvalue weighted by molar-refractivity contribution is 5.96. The minimum absolute atomic E-state index is 0.210. The van der Waals surface area contributed by atoms with Gasteiger partial charge in [-0.15, -0.1) is 0 Å². The molecule has 0 aliphatic rings. The summed E-state index contributed by atoms with van der Waals surface area (Å²) in [6, 6.07) is 17.1. The van der Waals surface area contributed by atoms with Crippen molar-refractivity contribution < 1.29 is 9.90 Å². The highest BCUT2D eigenvalue weighted by Gasteiger charge is 2.21. The molecule has 0 atom stereocenters. The van der Waals surface area contributed by atoms with Crippen LogP contribution in [0.25, 0.3) is 16.8 Å². The van der Waals surface area contributed by atoms with Crippen LogP contribution >= 0.6 is 0 Å². The van der Waals surface area contributed by atoms with Crippen molar-refractivity contribution in [1.82, 2.24) is 14.8 Å². The summed E-state index contributed by atoms with van der Waals surface area (Å²) in [6.45, 7) is 5.84. The molecule has 6 heteroatoms. The zero-order chi connectivity index (χ0) is 21.3. The van der Waals surface area contributed by atoms with Crippen molar-refractivity contribution in [3.05, 3.63) is 89.4 Å². The molecule has 6 nitrogen and oxygen atoms in total. The van der Waals surface area contributed by atoms with E-state index in [9.17, 15) is 9.90 Å². The molecule has 2 N–H and O–H groups in total. The summed E-state index contributed by atoms with van der Waals surface area (Å²) in [6.07, 6.45) is 3.50. The molecule has 0 saturated heterocycles. The first-order chi connectivity index (χ1) is 14.5. The van der Waals surface area contributed by atoms with Gasteiger partial charge >= 0.3 is 5.97 Å². The lowest BCUT2D eigenvalue weighted by atomic mass is 10.1. The summed E-state index contributed by atoms with van der Waals surface area (Å²) in [4.78, 5) is 16.1. The summed E-state index contributed by atoms with van der Waals surface area (Å²) in [5.74, 6) is -0.288. The third-order valence-electron chi connectivity index (χ3n) is 5.01. The minimum Gasteiger partial charge on any atom is -0.478 e.